The molecule has 0 spiro atoms. The molecule has 0 aromatic heterocycles. The van der Waals surface area contributed by atoms with Crippen molar-refractivity contribution in [3.05, 3.63) is 53.1 Å². The molecule has 0 unspecified atom stereocenters. The maximum atomic E-state index is 8.73. The average Bonchev–Trinajstić information content (AvgIpc) is 2.43. The van der Waals surface area contributed by atoms with Crippen molar-refractivity contribution in [1.29, 1.82) is 5.26 Å². The normalized spacial score (nSPS) is 9.95. The highest BCUT2D eigenvalue weighted by atomic mass is 35.5. The zero-order valence-electron chi connectivity index (χ0n) is 10.4. The lowest BCUT2D eigenvalue weighted by molar-refractivity contribution is 0.482. The molecule has 0 bridgehead atoms. The van der Waals surface area contributed by atoms with Crippen molar-refractivity contribution in [1.82, 2.24) is 0 Å². The van der Waals surface area contributed by atoms with Crippen LogP contribution in [0, 0.1) is 11.3 Å². The molecule has 0 saturated carbocycles. The summed E-state index contributed by atoms with van der Waals surface area (Å²) in [5.41, 5.74) is 0.611. The van der Waals surface area contributed by atoms with Gasteiger partial charge in [0, 0.05) is 11.0 Å². The van der Waals surface area contributed by atoms with E-state index in [-0.39, 0.29) is 0 Å². The summed E-state index contributed by atoms with van der Waals surface area (Å²) in [6.07, 6.45) is 0. The van der Waals surface area contributed by atoms with Gasteiger partial charge in [0.25, 0.3) is 0 Å². The molecule has 2 nitrogen and oxygen atoms in total. The molecule has 96 valence electrons. The monoisotopic (exact) mass is 289 g/mol. The van der Waals surface area contributed by atoms with Crippen molar-refractivity contribution < 1.29 is 4.74 Å². The molecule has 19 heavy (non-hydrogen) atoms. The Morgan fingerprint density at radius 3 is 2.42 bits per heavy atom. The van der Waals surface area contributed by atoms with Crippen LogP contribution in [0.5, 0.6) is 11.5 Å². The van der Waals surface area contributed by atoms with Crippen molar-refractivity contribution in [2.45, 2.75) is 11.8 Å². The van der Waals surface area contributed by atoms with Crippen LogP contribution >= 0.6 is 23.4 Å². The van der Waals surface area contributed by atoms with Gasteiger partial charge in [-0.1, -0.05) is 18.5 Å². The molecular weight excluding hydrogens is 278 g/mol. The summed E-state index contributed by atoms with van der Waals surface area (Å²) < 4.78 is 5.69. The van der Waals surface area contributed by atoms with Crippen LogP contribution in [0.2, 0.25) is 5.02 Å². The number of thioether (sulfide) groups is 1. The molecule has 0 aliphatic rings. The zero-order valence-corrected chi connectivity index (χ0v) is 12.0. The van der Waals surface area contributed by atoms with Gasteiger partial charge in [-0.05, 0) is 42.2 Å². The van der Waals surface area contributed by atoms with Gasteiger partial charge in [-0.15, -0.1) is 11.8 Å². The SMILES string of the molecule is CCSc1ccc(Oc2ccc(C#N)cc2)cc1Cl. The van der Waals surface area contributed by atoms with E-state index in [1.807, 2.05) is 12.1 Å². The number of hydrogen-bond donors (Lipinski definition) is 0. The van der Waals surface area contributed by atoms with E-state index in [9.17, 15) is 0 Å². The summed E-state index contributed by atoms with van der Waals surface area (Å²) in [6, 6.07) is 14.7. The Labute approximate surface area is 122 Å². The quantitative estimate of drug-likeness (QED) is 0.733. The predicted octanol–water partition coefficient (Wildman–Crippen LogP) is 5.12. The molecule has 0 aliphatic carbocycles. The number of ether oxygens (including phenoxy) is 1. The lowest BCUT2D eigenvalue weighted by Crippen LogP contribution is -1.85. The van der Waals surface area contributed by atoms with Crippen LogP contribution in [0.1, 0.15) is 12.5 Å². The highest BCUT2D eigenvalue weighted by Crippen LogP contribution is 2.32. The van der Waals surface area contributed by atoms with Crippen LogP contribution in [0.3, 0.4) is 0 Å². The first-order valence-corrected chi connectivity index (χ1v) is 7.19. The molecule has 0 amide bonds. The minimum absolute atomic E-state index is 0.611. The van der Waals surface area contributed by atoms with Crippen molar-refractivity contribution in [2.75, 3.05) is 5.75 Å². The second-order valence-electron chi connectivity index (χ2n) is 3.76. The third kappa shape index (κ3) is 3.66. The van der Waals surface area contributed by atoms with E-state index in [1.165, 1.54) is 0 Å². The fourth-order valence-electron chi connectivity index (χ4n) is 1.55. The second kappa shape index (κ2) is 6.51. The first kappa shape index (κ1) is 13.8. The first-order chi connectivity index (χ1) is 9.22. The van der Waals surface area contributed by atoms with Gasteiger partial charge in [-0.25, -0.2) is 0 Å². The Kier molecular flexibility index (Phi) is 4.73. The number of halogens is 1. The van der Waals surface area contributed by atoms with Crippen LogP contribution in [0.25, 0.3) is 0 Å². The summed E-state index contributed by atoms with van der Waals surface area (Å²) in [5.74, 6) is 2.36. The Hall–Kier alpha value is -1.63. The molecule has 2 aromatic rings. The second-order valence-corrected chi connectivity index (χ2v) is 5.48. The van der Waals surface area contributed by atoms with Crippen LogP contribution in [-0.2, 0) is 0 Å². The van der Waals surface area contributed by atoms with E-state index in [0.29, 0.717) is 22.1 Å². The maximum absolute atomic E-state index is 8.73. The molecule has 4 heteroatoms. The summed E-state index contributed by atoms with van der Waals surface area (Å²) in [5, 5.41) is 9.42. The van der Waals surface area contributed by atoms with E-state index in [4.69, 9.17) is 21.6 Å². The third-order valence-electron chi connectivity index (χ3n) is 2.42. The molecule has 0 radical (unpaired) electrons. The minimum atomic E-state index is 0.611. The van der Waals surface area contributed by atoms with Gasteiger partial charge in [-0.3, -0.25) is 0 Å². The number of nitrogens with zero attached hydrogens (tertiary/aromatic N) is 1. The number of rotatable bonds is 4. The van der Waals surface area contributed by atoms with Crippen molar-refractivity contribution in [3.63, 3.8) is 0 Å². The van der Waals surface area contributed by atoms with E-state index < -0.39 is 0 Å². The fourth-order valence-corrected chi connectivity index (χ4v) is 2.56. The molecule has 0 fully saturated rings. The first-order valence-electron chi connectivity index (χ1n) is 5.83. The summed E-state index contributed by atoms with van der Waals surface area (Å²) in [6.45, 7) is 2.09. The van der Waals surface area contributed by atoms with Gasteiger partial charge in [0.1, 0.15) is 11.5 Å². The van der Waals surface area contributed by atoms with Gasteiger partial charge >= 0.3 is 0 Å². The van der Waals surface area contributed by atoms with Crippen molar-refractivity contribution in [2.24, 2.45) is 0 Å². The van der Waals surface area contributed by atoms with E-state index in [0.717, 1.165) is 10.6 Å². The molecular formula is C15H12ClNOS. The summed E-state index contributed by atoms with van der Waals surface area (Å²) >= 11 is 7.88. The molecule has 2 rings (SSSR count). The predicted molar refractivity (Wildman–Crippen MR) is 79.1 cm³/mol. The molecule has 0 saturated heterocycles. The van der Waals surface area contributed by atoms with Crippen LogP contribution < -0.4 is 4.74 Å². The fraction of sp³-hybridized carbons (Fsp3) is 0.133. The summed E-state index contributed by atoms with van der Waals surface area (Å²) in [4.78, 5) is 1.05. The standard InChI is InChI=1S/C15H12ClNOS/c1-2-19-15-8-7-13(9-14(15)16)18-12-5-3-11(10-17)4-6-12/h3-9H,2H2,1H3. The number of hydrogen-bond acceptors (Lipinski definition) is 3. The molecule has 0 atom stereocenters. The van der Waals surface area contributed by atoms with E-state index in [2.05, 4.69) is 13.0 Å². The van der Waals surface area contributed by atoms with Crippen LogP contribution in [-0.4, -0.2) is 5.75 Å². The van der Waals surface area contributed by atoms with Crippen molar-refractivity contribution >= 4 is 23.4 Å². The van der Waals surface area contributed by atoms with E-state index in [1.54, 1.807) is 42.1 Å². The van der Waals surface area contributed by atoms with Gasteiger partial charge < -0.3 is 4.74 Å². The average molecular weight is 290 g/mol. The zero-order chi connectivity index (χ0) is 13.7. The Balaban J connectivity index is 2.14. The van der Waals surface area contributed by atoms with Crippen LogP contribution in [0.15, 0.2) is 47.4 Å². The lowest BCUT2D eigenvalue weighted by Gasteiger charge is -2.08. The smallest absolute Gasteiger partial charge is 0.128 e. The van der Waals surface area contributed by atoms with E-state index >= 15 is 0 Å². The lowest BCUT2D eigenvalue weighted by atomic mass is 10.2. The van der Waals surface area contributed by atoms with Crippen LogP contribution in [0.4, 0.5) is 0 Å². The van der Waals surface area contributed by atoms with Gasteiger partial charge in [0.2, 0.25) is 0 Å². The Morgan fingerprint density at radius 2 is 1.84 bits per heavy atom. The third-order valence-corrected chi connectivity index (χ3v) is 3.80. The highest BCUT2D eigenvalue weighted by Gasteiger charge is 2.04. The minimum Gasteiger partial charge on any atom is -0.457 e. The van der Waals surface area contributed by atoms with Gasteiger partial charge in [0.05, 0.1) is 16.7 Å². The highest BCUT2D eigenvalue weighted by molar-refractivity contribution is 7.99. The van der Waals surface area contributed by atoms with Gasteiger partial charge in [0.15, 0.2) is 0 Å². The topological polar surface area (TPSA) is 33.0 Å². The number of benzene rings is 2. The molecule has 0 heterocycles. The molecule has 0 N–H and O–H groups in total. The summed E-state index contributed by atoms with van der Waals surface area (Å²) in [7, 11) is 0. The van der Waals surface area contributed by atoms with Gasteiger partial charge in [-0.2, -0.15) is 5.26 Å². The largest absolute Gasteiger partial charge is 0.457 e. The Morgan fingerprint density at radius 1 is 1.16 bits per heavy atom. The maximum Gasteiger partial charge on any atom is 0.128 e. The van der Waals surface area contributed by atoms with Crippen molar-refractivity contribution in [3.8, 4) is 17.6 Å². The molecule has 2 aromatic carbocycles. The molecule has 0 aliphatic heterocycles. The number of nitriles is 1. The Bertz CT molecular complexity index is 605.